The van der Waals surface area contributed by atoms with Crippen LogP contribution in [0.15, 0.2) is 48.7 Å². The van der Waals surface area contributed by atoms with E-state index in [1.165, 1.54) is 6.20 Å². The summed E-state index contributed by atoms with van der Waals surface area (Å²) in [5, 5.41) is 7.87. The first-order valence-corrected chi connectivity index (χ1v) is 8.13. The molecule has 1 saturated heterocycles. The molecule has 1 aliphatic rings. The molecule has 0 aliphatic carbocycles. The van der Waals surface area contributed by atoms with Crippen molar-refractivity contribution in [1.29, 1.82) is 0 Å². The molecular formula is C18H20Cl2F2N4O2. The summed E-state index contributed by atoms with van der Waals surface area (Å²) in [5.74, 6) is -3.66. The van der Waals surface area contributed by atoms with Gasteiger partial charge >= 0.3 is 0 Å². The molecule has 1 aromatic heterocycles. The fourth-order valence-corrected chi connectivity index (χ4v) is 2.66. The molecule has 28 heavy (non-hydrogen) atoms. The molecular weight excluding hydrogens is 413 g/mol. The van der Waals surface area contributed by atoms with Gasteiger partial charge in [-0.05, 0) is 29.8 Å². The zero-order valence-electron chi connectivity index (χ0n) is 14.7. The highest BCUT2D eigenvalue weighted by molar-refractivity contribution is 6.02. The molecule has 0 saturated carbocycles. The number of pyridine rings is 1. The van der Waals surface area contributed by atoms with Crippen LogP contribution in [0.3, 0.4) is 0 Å². The number of hydrogen-bond acceptors (Lipinski definition) is 4. The van der Waals surface area contributed by atoms with Crippen LogP contribution in [0.5, 0.6) is 0 Å². The van der Waals surface area contributed by atoms with E-state index < -0.39 is 30.8 Å². The third kappa shape index (κ3) is 6.40. The van der Waals surface area contributed by atoms with E-state index in [1.807, 2.05) is 0 Å². The van der Waals surface area contributed by atoms with Crippen molar-refractivity contribution in [2.24, 2.45) is 0 Å². The van der Waals surface area contributed by atoms with Gasteiger partial charge in [0.1, 0.15) is 5.69 Å². The van der Waals surface area contributed by atoms with Gasteiger partial charge in [-0.25, -0.2) is 8.78 Å². The lowest BCUT2D eigenvalue weighted by molar-refractivity contribution is -0.123. The Morgan fingerprint density at radius 2 is 1.96 bits per heavy atom. The standard InChI is InChI=1S/C18H18F2N4O2.2ClH/c19-18(20)9-15(23-11-18)16(25)22-10-12-4-3-5-13(8-12)24-17(26)14-6-1-2-7-21-14;;/h1-8,15,23H,9-11H2,(H,22,25)(H,24,26);2*1H. The zero-order chi connectivity index (χ0) is 18.6. The number of rotatable bonds is 5. The van der Waals surface area contributed by atoms with Crippen LogP contribution in [0.2, 0.25) is 0 Å². The molecule has 0 spiro atoms. The maximum absolute atomic E-state index is 13.1. The summed E-state index contributed by atoms with van der Waals surface area (Å²) in [6.45, 7) is -0.310. The minimum absolute atomic E-state index is 0. The Hall–Kier alpha value is -2.29. The normalized spacial score (nSPS) is 17.0. The Morgan fingerprint density at radius 3 is 2.61 bits per heavy atom. The van der Waals surface area contributed by atoms with E-state index in [0.717, 1.165) is 5.56 Å². The molecule has 0 bridgehead atoms. The van der Waals surface area contributed by atoms with Crippen LogP contribution in [-0.2, 0) is 11.3 Å². The maximum Gasteiger partial charge on any atom is 0.274 e. The molecule has 10 heteroatoms. The van der Waals surface area contributed by atoms with Crippen molar-refractivity contribution in [3.8, 4) is 0 Å². The quantitative estimate of drug-likeness (QED) is 0.678. The van der Waals surface area contributed by atoms with E-state index in [1.54, 1.807) is 42.5 Å². The number of hydrogen-bond donors (Lipinski definition) is 3. The van der Waals surface area contributed by atoms with Crippen molar-refractivity contribution in [3.05, 3.63) is 59.9 Å². The van der Waals surface area contributed by atoms with E-state index in [2.05, 4.69) is 20.9 Å². The SMILES string of the molecule is Cl.Cl.O=C(Nc1cccc(CNC(=O)C2CC(F)(F)CN2)c1)c1ccccn1. The molecule has 2 heterocycles. The van der Waals surface area contributed by atoms with E-state index in [9.17, 15) is 18.4 Å². The summed E-state index contributed by atoms with van der Waals surface area (Å²) in [4.78, 5) is 28.0. The van der Waals surface area contributed by atoms with Crippen LogP contribution in [0.1, 0.15) is 22.5 Å². The maximum atomic E-state index is 13.1. The molecule has 1 aliphatic heterocycles. The molecule has 1 fully saturated rings. The predicted octanol–water partition coefficient (Wildman–Crippen LogP) is 2.79. The zero-order valence-corrected chi connectivity index (χ0v) is 16.3. The highest BCUT2D eigenvalue weighted by Gasteiger charge is 2.42. The fraction of sp³-hybridized carbons (Fsp3) is 0.278. The van der Waals surface area contributed by atoms with Gasteiger partial charge in [-0.15, -0.1) is 24.8 Å². The Morgan fingerprint density at radius 1 is 1.18 bits per heavy atom. The monoisotopic (exact) mass is 432 g/mol. The highest BCUT2D eigenvalue weighted by Crippen LogP contribution is 2.25. The third-order valence-corrected chi connectivity index (χ3v) is 3.98. The van der Waals surface area contributed by atoms with Crippen molar-refractivity contribution in [2.75, 3.05) is 11.9 Å². The van der Waals surface area contributed by atoms with Crippen LogP contribution in [0, 0.1) is 0 Å². The third-order valence-electron chi connectivity index (χ3n) is 3.98. The number of aromatic nitrogens is 1. The van der Waals surface area contributed by atoms with Gasteiger partial charge in [0, 0.05) is 24.8 Å². The highest BCUT2D eigenvalue weighted by atomic mass is 35.5. The van der Waals surface area contributed by atoms with Crippen LogP contribution in [-0.4, -0.2) is 35.3 Å². The number of nitrogens with zero attached hydrogens (tertiary/aromatic N) is 1. The second-order valence-corrected chi connectivity index (χ2v) is 6.08. The summed E-state index contributed by atoms with van der Waals surface area (Å²) in [7, 11) is 0. The van der Waals surface area contributed by atoms with Gasteiger partial charge in [-0.1, -0.05) is 18.2 Å². The van der Waals surface area contributed by atoms with Crippen molar-refractivity contribution in [1.82, 2.24) is 15.6 Å². The van der Waals surface area contributed by atoms with Crippen molar-refractivity contribution >= 4 is 42.3 Å². The Bertz CT molecular complexity index is 809. The van der Waals surface area contributed by atoms with Crippen molar-refractivity contribution in [3.63, 3.8) is 0 Å². The van der Waals surface area contributed by atoms with Crippen LogP contribution in [0.4, 0.5) is 14.5 Å². The number of anilines is 1. The number of alkyl halides is 2. The molecule has 0 radical (unpaired) electrons. The molecule has 3 rings (SSSR count). The summed E-state index contributed by atoms with van der Waals surface area (Å²) >= 11 is 0. The smallest absolute Gasteiger partial charge is 0.274 e. The molecule has 6 nitrogen and oxygen atoms in total. The second kappa shape index (κ2) is 10.3. The van der Waals surface area contributed by atoms with Gasteiger partial charge in [0.15, 0.2) is 0 Å². The Kier molecular flexibility index (Phi) is 8.74. The van der Waals surface area contributed by atoms with Gasteiger partial charge in [-0.2, -0.15) is 0 Å². The van der Waals surface area contributed by atoms with Crippen molar-refractivity contribution < 1.29 is 18.4 Å². The molecule has 3 N–H and O–H groups in total. The Labute approximate surface area is 173 Å². The molecule has 1 aromatic carbocycles. The number of carbonyl (C=O) groups is 2. The first kappa shape index (κ1) is 23.7. The number of carbonyl (C=O) groups excluding carboxylic acids is 2. The molecule has 2 amide bonds. The lowest BCUT2D eigenvalue weighted by Crippen LogP contribution is -2.40. The van der Waals surface area contributed by atoms with E-state index in [0.29, 0.717) is 11.4 Å². The molecule has 2 aromatic rings. The topological polar surface area (TPSA) is 83.1 Å². The minimum Gasteiger partial charge on any atom is -0.351 e. The fourth-order valence-electron chi connectivity index (χ4n) is 2.66. The molecule has 152 valence electrons. The minimum atomic E-state index is -2.85. The van der Waals surface area contributed by atoms with Gasteiger partial charge in [0.2, 0.25) is 5.91 Å². The van der Waals surface area contributed by atoms with E-state index in [4.69, 9.17) is 0 Å². The summed E-state index contributed by atoms with van der Waals surface area (Å²) < 4.78 is 26.3. The largest absolute Gasteiger partial charge is 0.351 e. The lowest BCUT2D eigenvalue weighted by atomic mass is 10.1. The number of amides is 2. The van der Waals surface area contributed by atoms with Crippen LogP contribution in [0.25, 0.3) is 0 Å². The predicted molar refractivity (Wildman–Crippen MR) is 106 cm³/mol. The van der Waals surface area contributed by atoms with Crippen LogP contribution < -0.4 is 16.0 Å². The summed E-state index contributed by atoms with van der Waals surface area (Å²) in [6, 6.07) is 11.1. The molecule has 1 unspecified atom stereocenters. The number of halogens is 4. The first-order chi connectivity index (χ1) is 12.4. The number of nitrogens with one attached hydrogen (secondary N) is 3. The number of benzene rings is 1. The average molecular weight is 433 g/mol. The van der Waals surface area contributed by atoms with Gasteiger partial charge in [-0.3, -0.25) is 19.9 Å². The summed E-state index contributed by atoms with van der Waals surface area (Å²) in [5.41, 5.74) is 1.58. The second-order valence-electron chi connectivity index (χ2n) is 6.08. The van der Waals surface area contributed by atoms with Gasteiger partial charge < -0.3 is 10.6 Å². The lowest BCUT2D eigenvalue weighted by Gasteiger charge is -2.12. The van der Waals surface area contributed by atoms with Gasteiger partial charge in [0.05, 0.1) is 12.6 Å². The first-order valence-electron chi connectivity index (χ1n) is 8.13. The van der Waals surface area contributed by atoms with Gasteiger partial charge in [0.25, 0.3) is 11.8 Å². The average Bonchev–Trinajstić information content (AvgIpc) is 3.01. The Balaban J connectivity index is 0.00000196. The van der Waals surface area contributed by atoms with E-state index in [-0.39, 0.29) is 37.3 Å². The summed E-state index contributed by atoms with van der Waals surface area (Å²) in [6.07, 6.45) is 1.03. The van der Waals surface area contributed by atoms with E-state index >= 15 is 0 Å². The molecule has 1 atom stereocenters. The van der Waals surface area contributed by atoms with Crippen molar-refractivity contribution in [2.45, 2.75) is 24.9 Å². The van der Waals surface area contributed by atoms with Crippen LogP contribution >= 0.6 is 24.8 Å².